The van der Waals surface area contributed by atoms with Gasteiger partial charge < -0.3 is 9.47 Å². The maximum absolute atomic E-state index is 13.1. The Morgan fingerprint density at radius 2 is 1.76 bits per heavy atom. The summed E-state index contributed by atoms with van der Waals surface area (Å²) in [4.78, 5) is 43.5. The van der Waals surface area contributed by atoms with Crippen LogP contribution in [0.5, 0.6) is 5.75 Å². The highest BCUT2D eigenvalue weighted by Crippen LogP contribution is 2.27. The molecule has 2 aromatic heterocycles. The molecular formula is C26H24N2O5S. The Bertz CT molecular complexity index is 1420. The minimum atomic E-state index is -0.533. The van der Waals surface area contributed by atoms with Crippen molar-refractivity contribution >= 4 is 33.3 Å². The van der Waals surface area contributed by atoms with E-state index in [9.17, 15) is 14.4 Å². The molecule has 7 nitrogen and oxygen atoms in total. The van der Waals surface area contributed by atoms with Gasteiger partial charge in [-0.25, -0.2) is 9.78 Å². The van der Waals surface area contributed by atoms with Crippen molar-refractivity contribution in [2.75, 3.05) is 13.2 Å². The molecule has 0 bridgehead atoms. The van der Waals surface area contributed by atoms with E-state index in [4.69, 9.17) is 9.47 Å². The van der Waals surface area contributed by atoms with Gasteiger partial charge in [-0.1, -0.05) is 30.3 Å². The summed E-state index contributed by atoms with van der Waals surface area (Å²) < 4.78 is 12.1. The number of carbonyl (C=O) groups is 2. The first-order chi connectivity index (χ1) is 16.3. The van der Waals surface area contributed by atoms with Crippen molar-refractivity contribution in [3.63, 3.8) is 0 Å². The van der Waals surface area contributed by atoms with E-state index in [-0.39, 0.29) is 31.1 Å². The first-order valence-electron chi connectivity index (χ1n) is 10.8. The molecule has 0 N–H and O–H groups in total. The molecule has 0 fully saturated rings. The average molecular weight is 477 g/mol. The van der Waals surface area contributed by atoms with E-state index in [0.29, 0.717) is 32.0 Å². The fraction of sp³-hybridized carbons (Fsp3) is 0.231. The number of ether oxygens (including phenoxy) is 2. The van der Waals surface area contributed by atoms with Crippen LogP contribution in [0.15, 0.2) is 59.7 Å². The highest BCUT2D eigenvalue weighted by atomic mass is 32.1. The van der Waals surface area contributed by atoms with E-state index < -0.39 is 5.97 Å². The topological polar surface area (TPSA) is 87.5 Å². The van der Waals surface area contributed by atoms with E-state index in [0.717, 1.165) is 22.5 Å². The third-order valence-electron chi connectivity index (χ3n) is 5.57. The zero-order valence-corrected chi connectivity index (χ0v) is 20.0. The van der Waals surface area contributed by atoms with Gasteiger partial charge in [-0.2, -0.15) is 0 Å². The predicted octanol–water partition coefficient (Wildman–Crippen LogP) is 4.50. The van der Waals surface area contributed by atoms with Crippen LogP contribution < -0.4 is 10.3 Å². The van der Waals surface area contributed by atoms with Crippen molar-refractivity contribution in [1.82, 2.24) is 9.55 Å². The number of aromatic nitrogens is 2. The van der Waals surface area contributed by atoms with Gasteiger partial charge >= 0.3 is 5.97 Å². The number of nitrogens with zero attached hydrogens (tertiary/aromatic N) is 2. The normalized spacial score (nSPS) is 10.9. The maximum atomic E-state index is 13.1. The molecule has 0 amide bonds. The molecule has 0 unspecified atom stereocenters. The highest BCUT2D eigenvalue weighted by Gasteiger charge is 2.21. The molecule has 0 atom stereocenters. The number of fused-ring (bicyclic) bond motifs is 1. The van der Waals surface area contributed by atoms with Crippen LogP contribution in [0, 0.1) is 20.8 Å². The highest BCUT2D eigenvalue weighted by molar-refractivity contribution is 7.20. The minimum Gasteiger partial charge on any atom is -0.490 e. The Morgan fingerprint density at radius 1 is 1.00 bits per heavy atom. The molecule has 0 saturated carbocycles. The molecule has 0 saturated heterocycles. The number of aryl methyl sites for hydroxylation is 3. The van der Waals surface area contributed by atoms with Crippen LogP contribution in [0.4, 0.5) is 0 Å². The van der Waals surface area contributed by atoms with Gasteiger partial charge in [0, 0.05) is 5.56 Å². The average Bonchev–Trinajstić information content (AvgIpc) is 3.18. The Kier molecular flexibility index (Phi) is 6.88. The molecular weight excluding hydrogens is 452 g/mol. The van der Waals surface area contributed by atoms with Crippen molar-refractivity contribution in [2.24, 2.45) is 0 Å². The third kappa shape index (κ3) is 4.92. The minimum absolute atomic E-state index is 0.0730. The Balaban J connectivity index is 1.48. The van der Waals surface area contributed by atoms with Crippen LogP contribution in [0.2, 0.25) is 0 Å². The molecule has 34 heavy (non-hydrogen) atoms. The largest absolute Gasteiger partial charge is 0.490 e. The van der Waals surface area contributed by atoms with E-state index in [1.807, 2.05) is 56.3 Å². The lowest BCUT2D eigenvalue weighted by atomic mass is 10.0. The number of thiophene rings is 1. The molecule has 4 aromatic rings. The van der Waals surface area contributed by atoms with E-state index >= 15 is 0 Å². The summed E-state index contributed by atoms with van der Waals surface area (Å²) in [6.07, 6.45) is 1.35. The Morgan fingerprint density at radius 3 is 2.50 bits per heavy atom. The lowest BCUT2D eigenvalue weighted by molar-refractivity contribution is 0.0455. The van der Waals surface area contributed by atoms with Crippen LogP contribution in [0.1, 0.15) is 36.7 Å². The van der Waals surface area contributed by atoms with Gasteiger partial charge in [0.2, 0.25) is 0 Å². The van der Waals surface area contributed by atoms with Crippen LogP contribution in [0.25, 0.3) is 10.2 Å². The van der Waals surface area contributed by atoms with Gasteiger partial charge in [0.25, 0.3) is 5.56 Å². The molecule has 0 aliphatic rings. The summed E-state index contributed by atoms with van der Waals surface area (Å²) in [7, 11) is 0. The van der Waals surface area contributed by atoms with Gasteiger partial charge in [-0.05, 0) is 55.7 Å². The van der Waals surface area contributed by atoms with Gasteiger partial charge in [-0.3, -0.25) is 14.2 Å². The number of carbonyl (C=O) groups excluding carboxylic acids is 2. The molecule has 2 aromatic carbocycles. The van der Waals surface area contributed by atoms with E-state index in [2.05, 4.69) is 4.98 Å². The zero-order chi connectivity index (χ0) is 24.2. The van der Waals surface area contributed by atoms with Crippen molar-refractivity contribution in [2.45, 2.75) is 27.3 Å². The summed E-state index contributed by atoms with van der Waals surface area (Å²) in [6, 6.07) is 14.7. The van der Waals surface area contributed by atoms with Crippen molar-refractivity contribution < 1.29 is 19.1 Å². The molecule has 0 spiro atoms. The quantitative estimate of drug-likeness (QED) is 0.211. The summed E-state index contributed by atoms with van der Waals surface area (Å²) in [6.45, 7) is 5.76. The molecule has 4 rings (SSSR count). The van der Waals surface area contributed by atoms with Crippen LogP contribution in [-0.2, 0) is 11.3 Å². The molecule has 0 aliphatic carbocycles. The second-order valence-corrected chi connectivity index (χ2v) is 8.93. The standard InChI is InChI=1S/C26H24N2O5S/c1-16-9-10-19(13-17(16)2)21(29)14-28-15-27-24-22(25(28)30)18(3)23(34-24)26(31)33-12-11-32-20-7-5-4-6-8-20/h4-10,13,15H,11-12,14H2,1-3H3. The van der Waals surface area contributed by atoms with E-state index in [1.165, 1.54) is 10.9 Å². The van der Waals surface area contributed by atoms with Crippen LogP contribution in [-0.4, -0.2) is 34.5 Å². The number of para-hydroxylation sites is 1. The summed E-state index contributed by atoms with van der Waals surface area (Å²) in [5.41, 5.74) is 2.79. The monoisotopic (exact) mass is 476 g/mol. The summed E-state index contributed by atoms with van der Waals surface area (Å²) in [5.74, 6) is -0.0247. The number of hydrogen-bond donors (Lipinski definition) is 0. The van der Waals surface area contributed by atoms with Gasteiger partial charge in [0.05, 0.1) is 18.3 Å². The Labute approximate surface area is 200 Å². The second-order valence-electron chi connectivity index (χ2n) is 7.93. The van der Waals surface area contributed by atoms with Gasteiger partial charge in [-0.15, -0.1) is 11.3 Å². The summed E-state index contributed by atoms with van der Waals surface area (Å²) >= 11 is 1.10. The molecule has 0 aliphatic heterocycles. The number of esters is 1. The van der Waals surface area contributed by atoms with Crippen LogP contribution in [0.3, 0.4) is 0 Å². The number of Topliss-reactive ketones (excluding diaryl/α,β-unsaturated/α-hetero) is 1. The number of benzene rings is 2. The van der Waals surface area contributed by atoms with Gasteiger partial charge in [0.1, 0.15) is 28.7 Å². The van der Waals surface area contributed by atoms with E-state index in [1.54, 1.807) is 13.0 Å². The van der Waals surface area contributed by atoms with Crippen LogP contribution >= 0.6 is 11.3 Å². The summed E-state index contributed by atoms with van der Waals surface area (Å²) in [5, 5.41) is 0.327. The number of ketones is 1. The fourth-order valence-electron chi connectivity index (χ4n) is 3.50. The number of hydrogen-bond acceptors (Lipinski definition) is 7. The maximum Gasteiger partial charge on any atom is 0.348 e. The second kappa shape index (κ2) is 10.0. The first-order valence-corrected chi connectivity index (χ1v) is 11.6. The van der Waals surface area contributed by atoms with Crippen molar-refractivity contribution in [3.8, 4) is 5.75 Å². The lowest BCUT2D eigenvalue weighted by Crippen LogP contribution is -2.24. The smallest absolute Gasteiger partial charge is 0.348 e. The van der Waals surface area contributed by atoms with Crippen molar-refractivity contribution in [1.29, 1.82) is 0 Å². The zero-order valence-electron chi connectivity index (χ0n) is 19.2. The molecule has 8 heteroatoms. The lowest BCUT2D eigenvalue weighted by Gasteiger charge is -2.07. The number of rotatable bonds is 8. The first kappa shape index (κ1) is 23.4. The SMILES string of the molecule is Cc1ccc(C(=O)Cn2cnc3sc(C(=O)OCCOc4ccccc4)c(C)c3c2=O)cc1C. The Hall–Kier alpha value is -3.78. The molecule has 0 radical (unpaired) electrons. The fourth-order valence-corrected chi connectivity index (χ4v) is 4.54. The van der Waals surface area contributed by atoms with Crippen molar-refractivity contribution in [3.05, 3.63) is 92.3 Å². The molecule has 2 heterocycles. The third-order valence-corrected chi connectivity index (χ3v) is 6.75. The predicted molar refractivity (Wildman–Crippen MR) is 131 cm³/mol. The van der Waals surface area contributed by atoms with Gasteiger partial charge in [0.15, 0.2) is 5.78 Å². The molecule has 174 valence electrons.